The van der Waals surface area contributed by atoms with Gasteiger partial charge in [0, 0.05) is 5.69 Å². The van der Waals surface area contributed by atoms with E-state index >= 15 is 0 Å². The Hall–Kier alpha value is -3.23. The first kappa shape index (κ1) is 21.0. The molecule has 0 unspecified atom stereocenters. The Balaban J connectivity index is 1.63. The second-order valence-corrected chi connectivity index (χ2v) is 7.76. The zero-order valence-corrected chi connectivity index (χ0v) is 17.5. The molecule has 1 N–H and O–H groups in total. The number of hydrogen-bond donors (Lipinski definition) is 1. The highest BCUT2D eigenvalue weighted by Crippen LogP contribution is 2.30. The molecule has 1 heterocycles. The first-order valence-electron chi connectivity index (χ1n) is 9.16. The van der Waals surface area contributed by atoms with Gasteiger partial charge >= 0.3 is 0 Å². The van der Waals surface area contributed by atoms with Gasteiger partial charge in [-0.3, -0.25) is 9.36 Å². The molecule has 1 aromatic heterocycles. The highest BCUT2D eigenvalue weighted by Gasteiger charge is 2.19. The molecule has 31 heavy (non-hydrogen) atoms. The molecule has 156 valence electrons. The zero-order valence-electron chi connectivity index (χ0n) is 15.9. The van der Waals surface area contributed by atoms with Gasteiger partial charge in [0.2, 0.25) is 5.91 Å². The van der Waals surface area contributed by atoms with Crippen LogP contribution in [0, 0.1) is 11.6 Å². The molecule has 0 fully saturated rings. The van der Waals surface area contributed by atoms with Gasteiger partial charge in [0.05, 0.1) is 22.0 Å². The van der Waals surface area contributed by atoms with Crippen LogP contribution in [0.1, 0.15) is 0 Å². The first-order chi connectivity index (χ1) is 15.0. The van der Waals surface area contributed by atoms with Gasteiger partial charge in [-0.15, -0.1) is 10.2 Å². The monoisotopic (exact) mass is 456 g/mol. The van der Waals surface area contributed by atoms with Crippen LogP contribution in [0.3, 0.4) is 0 Å². The smallest absolute Gasteiger partial charge is 0.234 e. The van der Waals surface area contributed by atoms with E-state index in [0.29, 0.717) is 21.6 Å². The Kier molecular flexibility index (Phi) is 6.29. The van der Waals surface area contributed by atoms with Gasteiger partial charge < -0.3 is 5.32 Å². The van der Waals surface area contributed by atoms with E-state index in [1.165, 1.54) is 30.3 Å². The summed E-state index contributed by atoms with van der Waals surface area (Å²) >= 11 is 7.19. The Morgan fingerprint density at radius 2 is 1.68 bits per heavy atom. The molecule has 0 bridgehead atoms. The Morgan fingerprint density at radius 3 is 2.42 bits per heavy atom. The number of nitrogens with zero attached hydrogens (tertiary/aromatic N) is 3. The minimum absolute atomic E-state index is 0.0157. The Morgan fingerprint density at radius 1 is 0.968 bits per heavy atom. The van der Waals surface area contributed by atoms with Crippen LogP contribution in [0.5, 0.6) is 0 Å². The number of halogens is 3. The second-order valence-electron chi connectivity index (χ2n) is 6.41. The molecule has 3 aromatic carbocycles. The van der Waals surface area contributed by atoms with Crippen LogP contribution < -0.4 is 5.32 Å². The van der Waals surface area contributed by atoms with Crippen LogP contribution in [0.2, 0.25) is 5.02 Å². The third-order valence-electron chi connectivity index (χ3n) is 4.31. The summed E-state index contributed by atoms with van der Waals surface area (Å²) in [5, 5.41) is 11.8. The van der Waals surface area contributed by atoms with E-state index in [1.807, 2.05) is 0 Å². The molecule has 0 saturated carbocycles. The summed E-state index contributed by atoms with van der Waals surface area (Å²) in [6.07, 6.45) is 0. The maximum atomic E-state index is 14.4. The van der Waals surface area contributed by atoms with Gasteiger partial charge in [0.25, 0.3) is 0 Å². The maximum Gasteiger partial charge on any atom is 0.234 e. The van der Waals surface area contributed by atoms with Crippen LogP contribution in [-0.4, -0.2) is 26.4 Å². The molecule has 5 nitrogen and oxygen atoms in total. The predicted molar refractivity (Wildman–Crippen MR) is 118 cm³/mol. The van der Waals surface area contributed by atoms with Crippen LogP contribution in [0.15, 0.2) is 78.0 Å². The van der Waals surface area contributed by atoms with Crippen molar-refractivity contribution in [3.8, 4) is 17.1 Å². The quantitative estimate of drug-likeness (QED) is 0.384. The van der Waals surface area contributed by atoms with Crippen molar-refractivity contribution in [2.45, 2.75) is 5.16 Å². The van der Waals surface area contributed by atoms with Crippen LogP contribution in [0.4, 0.5) is 14.5 Å². The third-order valence-corrected chi connectivity index (χ3v) is 5.57. The summed E-state index contributed by atoms with van der Waals surface area (Å²) in [4.78, 5) is 12.4. The highest BCUT2D eigenvalue weighted by atomic mass is 35.5. The van der Waals surface area contributed by atoms with Crippen molar-refractivity contribution in [3.63, 3.8) is 0 Å². The summed E-state index contributed by atoms with van der Waals surface area (Å²) < 4.78 is 29.4. The number of aromatic nitrogens is 3. The van der Waals surface area contributed by atoms with E-state index in [1.54, 1.807) is 47.0 Å². The molecule has 9 heteroatoms. The maximum absolute atomic E-state index is 14.4. The van der Waals surface area contributed by atoms with Crippen molar-refractivity contribution in [1.29, 1.82) is 0 Å². The van der Waals surface area contributed by atoms with Gasteiger partial charge in [-0.1, -0.05) is 47.6 Å². The Bertz CT molecular complexity index is 1230. The predicted octanol–water partition coefficient (Wildman–Crippen LogP) is 5.60. The number of rotatable bonds is 6. The van der Waals surface area contributed by atoms with Crippen molar-refractivity contribution in [2.75, 3.05) is 11.1 Å². The number of carbonyl (C=O) groups excluding carboxylic acids is 1. The average molecular weight is 457 g/mol. The standard InChI is InChI=1S/C22H15ClF2N4OS/c23-17-6-2-4-8-19(17)26-20(30)13-31-22-28-27-21(16-5-1-3-7-18(16)25)29(22)15-11-9-14(24)10-12-15/h1-12H,13H2,(H,26,30). The van der Waals surface area contributed by atoms with Crippen molar-refractivity contribution >= 4 is 35.0 Å². The lowest BCUT2D eigenvalue weighted by molar-refractivity contribution is -0.113. The fourth-order valence-corrected chi connectivity index (χ4v) is 3.82. The normalized spacial score (nSPS) is 10.8. The fraction of sp³-hybridized carbons (Fsp3) is 0.0455. The number of carbonyl (C=O) groups is 1. The molecule has 0 aliphatic heterocycles. The number of benzene rings is 3. The molecule has 4 aromatic rings. The highest BCUT2D eigenvalue weighted by molar-refractivity contribution is 7.99. The number of hydrogen-bond acceptors (Lipinski definition) is 4. The molecule has 0 atom stereocenters. The van der Waals surface area contributed by atoms with Gasteiger partial charge in [-0.05, 0) is 48.5 Å². The van der Waals surface area contributed by atoms with Gasteiger partial charge in [0.15, 0.2) is 11.0 Å². The average Bonchev–Trinajstić information content (AvgIpc) is 3.18. The minimum atomic E-state index is -0.466. The Labute approximate surface area is 186 Å². The number of amides is 1. The number of nitrogens with one attached hydrogen (secondary N) is 1. The van der Waals surface area contributed by atoms with Gasteiger partial charge in [0.1, 0.15) is 11.6 Å². The summed E-state index contributed by atoms with van der Waals surface area (Å²) in [7, 11) is 0. The van der Waals surface area contributed by atoms with E-state index in [2.05, 4.69) is 15.5 Å². The molecule has 1 amide bonds. The van der Waals surface area contributed by atoms with E-state index in [9.17, 15) is 13.6 Å². The first-order valence-corrected chi connectivity index (χ1v) is 10.5. The van der Waals surface area contributed by atoms with Crippen molar-refractivity contribution in [2.24, 2.45) is 0 Å². The molecule has 0 spiro atoms. The SMILES string of the molecule is O=C(CSc1nnc(-c2ccccc2F)n1-c1ccc(F)cc1)Nc1ccccc1Cl. The van der Waals surface area contributed by atoms with Crippen molar-refractivity contribution in [1.82, 2.24) is 14.8 Å². The lowest BCUT2D eigenvalue weighted by Gasteiger charge is -2.11. The molecule has 0 aliphatic carbocycles. The van der Waals surface area contributed by atoms with E-state index in [4.69, 9.17) is 11.6 Å². The van der Waals surface area contributed by atoms with E-state index in [-0.39, 0.29) is 23.0 Å². The topological polar surface area (TPSA) is 59.8 Å². The summed E-state index contributed by atoms with van der Waals surface area (Å²) in [5.41, 5.74) is 1.28. The second kappa shape index (κ2) is 9.28. The largest absolute Gasteiger partial charge is 0.324 e. The lowest BCUT2D eigenvalue weighted by atomic mass is 10.2. The molecular formula is C22H15ClF2N4OS. The number of para-hydroxylation sites is 1. The molecule has 4 rings (SSSR count). The summed E-state index contributed by atoms with van der Waals surface area (Å²) in [5.74, 6) is -0.899. The van der Waals surface area contributed by atoms with Gasteiger partial charge in [-0.2, -0.15) is 0 Å². The number of thioether (sulfide) groups is 1. The fourth-order valence-electron chi connectivity index (χ4n) is 2.88. The minimum Gasteiger partial charge on any atom is -0.324 e. The zero-order chi connectivity index (χ0) is 21.8. The van der Waals surface area contributed by atoms with Crippen molar-refractivity contribution < 1.29 is 13.6 Å². The molecule has 0 radical (unpaired) electrons. The van der Waals surface area contributed by atoms with Crippen LogP contribution >= 0.6 is 23.4 Å². The van der Waals surface area contributed by atoms with E-state index < -0.39 is 11.6 Å². The third kappa shape index (κ3) is 4.76. The van der Waals surface area contributed by atoms with Crippen molar-refractivity contribution in [3.05, 3.63) is 89.5 Å². The summed E-state index contributed by atoms with van der Waals surface area (Å²) in [6, 6.07) is 18.7. The van der Waals surface area contributed by atoms with Crippen LogP contribution in [-0.2, 0) is 4.79 Å². The lowest BCUT2D eigenvalue weighted by Crippen LogP contribution is -2.14. The van der Waals surface area contributed by atoms with Gasteiger partial charge in [-0.25, -0.2) is 8.78 Å². The number of anilines is 1. The van der Waals surface area contributed by atoms with E-state index in [0.717, 1.165) is 11.8 Å². The summed E-state index contributed by atoms with van der Waals surface area (Å²) in [6.45, 7) is 0. The van der Waals surface area contributed by atoms with Crippen LogP contribution in [0.25, 0.3) is 17.1 Å². The molecular weight excluding hydrogens is 442 g/mol. The molecule has 0 saturated heterocycles. The molecule has 0 aliphatic rings.